The van der Waals surface area contributed by atoms with Gasteiger partial charge in [0.1, 0.15) is 0 Å². The molecule has 1 aliphatic heterocycles. The van der Waals surface area contributed by atoms with E-state index in [4.69, 9.17) is 4.74 Å². The minimum Gasteiger partial charge on any atom is -0.384 e. The molecule has 1 aliphatic carbocycles. The Morgan fingerprint density at radius 1 is 1.29 bits per heavy atom. The fourth-order valence-electron chi connectivity index (χ4n) is 5.04. The Bertz CT molecular complexity index is 804. The molecule has 1 saturated carbocycles. The van der Waals surface area contributed by atoms with Crippen LogP contribution in [0.3, 0.4) is 0 Å². The summed E-state index contributed by atoms with van der Waals surface area (Å²) in [5, 5.41) is 0. The molecule has 2 heterocycles. The second kappa shape index (κ2) is 5.24. The van der Waals surface area contributed by atoms with Crippen molar-refractivity contribution in [2.24, 2.45) is 16.7 Å². The summed E-state index contributed by atoms with van der Waals surface area (Å²) in [5.41, 5.74) is 2.67. The average molecular weight is 325 g/mol. The number of nitrogens with zero attached hydrogens (tertiary/aromatic N) is 3. The Labute approximate surface area is 142 Å². The van der Waals surface area contributed by atoms with Crippen molar-refractivity contribution >= 4 is 16.9 Å². The third-order valence-corrected chi connectivity index (χ3v) is 5.83. The van der Waals surface area contributed by atoms with Crippen LogP contribution < -0.4 is 0 Å². The number of benzene rings is 1. The second-order valence-electron chi connectivity index (χ2n) is 7.96. The van der Waals surface area contributed by atoms with Crippen molar-refractivity contribution in [2.75, 3.05) is 26.8 Å². The van der Waals surface area contributed by atoms with Crippen LogP contribution >= 0.6 is 0 Å². The van der Waals surface area contributed by atoms with E-state index in [1.807, 2.05) is 23.1 Å². The highest BCUT2D eigenvalue weighted by Gasteiger charge is 2.63. The fourth-order valence-corrected chi connectivity index (χ4v) is 5.04. The molecule has 2 fully saturated rings. The summed E-state index contributed by atoms with van der Waals surface area (Å²) in [6.07, 6.45) is 4.44. The van der Waals surface area contributed by atoms with Crippen LogP contribution in [0, 0.1) is 16.7 Å². The van der Waals surface area contributed by atoms with Gasteiger partial charge in [0.15, 0.2) is 0 Å². The molecule has 1 amide bonds. The normalized spacial score (nSPS) is 27.8. The first kappa shape index (κ1) is 15.5. The van der Waals surface area contributed by atoms with Gasteiger partial charge < -0.3 is 9.64 Å². The average Bonchev–Trinajstić information content (AvgIpc) is 2.89. The highest BCUT2D eigenvalue weighted by atomic mass is 16.5. The van der Waals surface area contributed by atoms with Crippen molar-refractivity contribution < 1.29 is 9.53 Å². The lowest BCUT2D eigenvalue weighted by Gasteiger charge is -2.56. The molecule has 5 heteroatoms. The van der Waals surface area contributed by atoms with Crippen LogP contribution in [-0.4, -0.2) is 47.6 Å². The smallest absolute Gasteiger partial charge is 0.253 e. The third-order valence-electron chi connectivity index (χ3n) is 5.83. The van der Waals surface area contributed by atoms with Gasteiger partial charge in [0.2, 0.25) is 0 Å². The molecular formula is C19H23N3O2. The van der Waals surface area contributed by atoms with E-state index in [0.717, 1.165) is 37.2 Å². The maximum atomic E-state index is 13.0. The van der Waals surface area contributed by atoms with Crippen molar-refractivity contribution in [1.82, 2.24) is 14.9 Å². The van der Waals surface area contributed by atoms with Crippen molar-refractivity contribution in [3.63, 3.8) is 0 Å². The predicted molar refractivity (Wildman–Crippen MR) is 91.6 cm³/mol. The summed E-state index contributed by atoms with van der Waals surface area (Å²) >= 11 is 0. The lowest BCUT2D eigenvalue weighted by atomic mass is 9.48. The van der Waals surface area contributed by atoms with Gasteiger partial charge in [0.05, 0.1) is 17.6 Å². The van der Waals surface area contributed by atoms with Gasteiger partial charge in [-0.15, -0.1) is 0 Å². The molecule has 126 valence electrons. The zero-order chi connectivity index (χ0) is 16.9. The van der Waals surface area contributed by atoms with Crippen LogP contribution in [0.15, 0.2) is 30.6 Å². The van der Waals surface area contributed by atoms with Crippen LogP contribution in [0.1, 0.15) is 30.6 Å². The van der Waals surface area contributed by atoms with E-state index in [9.17, 15) is 4.79 Å². The van der Waals surface area contributed by atoms with Crippen molar-refractivity contribution in [2.45, 2.75) is 20.3 Å². The van der Waals surface area contributed by atoms with Gasteiger partial charge in [-0.3, -0.25) is 14.8 Å². The summed E-state index contributed by atoms with van der Waals surface area (Å²) in [6.45, 7) is 6.92. The van der Waals surface area contributed by atoms with Crippen molar-refractivity contribution in [3.8, 4) is 0 Å². The van der Waals surface area contributed by atoms with Gasteiger partial charge in [-0.25, -0.2) is 0 Å². The van der Waals surface area contributed by atoms with Gasteiger partial charge in [-0.05, 0) is 36.0 Å². The number of rotatable bonds is 3. The van der Waals surface area contributed by atoms with Crippen molar-refractivity contribution in [1.29, 1.82) is 0 Å². The second-order valence-corrected chi connectivity index (χ2v) is 7.96. The van der Waals surface area contributed by atoms with Crippen LogP contribution in [0.25, 0.3) is 11.0 Å². The van der Waals surface area contributed by atoms with E-state index >= 15 is 0 Å². The Morgan fingerprint density at radius 2 is 2.04 bits per heavy atom. The van der Waals surface area contributed by atoms with E-state index < -0.39 is 0 Å². The summed E-state index contributed by atoms with van der Waals surface area (Å²) in [4.78, 5) is 23.6. The van der Waals surface area contributed by atoms with Crippen LogP contribution in [0.5, 0.6) is 0 Å². The molecule has 4 rings (SSSR count). The minimum atomic E-state index is 0.0863. The molecule has 2 aliphatic rings. The Balaban J connectivity index is 1.60. The maximum absolute atomic E-state index is 13.0. The van der Waals surface area contributed by atoms with E-state index in [-0.39, 0.29) is 16.7 Å². The number of hydrogen-bond acceptors (Lipinski definition) is 4. The first-order chi connectivity index (χ1) is 11.5. The van der Waals surface area contributed by atoms with Gasteiger partial charge in [-0.2, -0.15) is 0 Å². The molecule has 2 aromatic rings. The molecule has 1 aromatic carbocycles. The molecule has 0 unspecified atom stereocenters. The van der Waals surface area contributed by atoms with Crippen LogP contribution in [-0.2, 0) is 4.74 Å². The number of likely N-dealkylation sites (tertiary alicyclic amines) is 1. The number of hydrogen-bond donors (Lipinski definition) is 0. The molecule has 24 heavy (non-hydrogen) atoms. The summed E-state index contributed by atoms with van der Waals surface area (Å²) in [6, 6.07) is 5.57. The van der Waals surface area contributed by atoms with E-state index in [2.05, 4.69) is 23.8 Å². The monoisotopic (exact) mass is 325 g/mol. The molecule has 2 atom stereocenters. The largest absolute Gasteiger partial charge is 0.384 e. The first-order valence-corrected chi connectivity index (χ1v) is 8.44. The third kappa shape index (κ3) is 2.22. The minimum absolute atomic E-state index is 0.0863. The Hall–Kier alpha value is -2.01. The predicted octanol–water partition coefficient (Wildman–Crippen LogP) is 2.76. The lowest BCUT2D eigenvalue weighted by Crippen LogP contribution is -2.55. The van der Waals surface area contributed by atoms with Gasteiger partial charge in [-0.1, -0.05) is 13.8 Å². The van der Waals surface area contributed by atoms with E-state index in [1.54, 1.807) is 19.5 Å². The number of methoxy groups -OCH3 is 1. The SMILES string of the molecule is COC[C@@]12CN(C(=O)c3ccc4nccnc4c3)C[C@@H]1C(C)(C)C2. The highest BCUT2D eigenvalue weighted by molar-refractivity contribution is 5.97. The van der Waals surface area contributed by atoms with Gasteiger partial charge in [0, 0.05) is 43.6 Å². The van der Waals surface area contributed by atoms with Crippen LogP contribution in [0.4, 0.5) is 0 Å². The summed E-state index contributed by atoms with van der Waals surface area (Å²) < 4.78 is 5.48. The number of carbonyl (C=O) groups is 1. The Morgan fingerprint density at radius 3 is 2.75 bits per heavy atom. The molecule has 0 radical (unpaired) electrons. The fraction of sp³-hybridized carbons (Fsp3) is 0.526. The molecular weight excluding hydrogens is 302 g/mol. The number of ether oxygens (including phenoxy) is 1. The molecule has 0 bridgehead atoms. The standard InChI is InChI=1S/C19H23N3O2/c1-18(2)10-19(12-24-3)11-22(9-16(18)19)17(23)13-4-5-14-15(8-13)21-7-6-20-14/h4-8,16H,9-12H2,1-3H3/t16-,19-/m1/s1. The summed E-state index contributed by atoms with van der Waals surface area (Å²) in [5.74, 6) is 0.595. The number of carbonyl (C=O) groups excluding carboxylic acids is 1. The lowest BCUT2D eigenvalue weighted by molar-refractivity contribution is -0.107. The highest BCUT2D eigenvalue weighted by Crippen LogP contribution is 2.62. The zero-order valence-corrected chi connectivity index (χ0v) is 14.5. The summed E-state index contributed by atoms with van der Waals surface area (Å²) in [7, 11) is 1.75. The first-order valence-electron chi connectivity index (χ1n) is 8.44. The number of amides is 1. The van der Waals surface area contributed by atoms with E-state index in [1.165, 1.54) is 0 Å². The van der Waals surface area contributed by atoms with Gasteiger partial charge >= 0.3 is 0 Å². The molecule has 0 spiro atoms. The molecule has 0 N–H and O–H groups in total. The number of fused-ring (bicyclic) bond motifs is 2. The van der Waals surface area contributed by atoms with Crippen LogP contribution in [0.2, 0.25) is 0 Å². The Kier molecular flexibility index (Phi) is 3.39. The van der Waals surface area contributed by atoms with Crippen molar-refractivity contribution in [3.05, 3.63) is 36.2 Å². The maximum Gasteiger partial charge on any atom is 0.253 e. The quantitative estimate of drug-likeness (QED) is 0.871. The molecule has 1 saturated heterocycles. The van der Waals surface area contributed by atoms with Gasteiger partial charge in [0.25, 0.3) is 5.91 Å². The zero-order valence-electron chi connectivity index (χ0n) is 14.5. The molecule has 1 aromatic heterocycles. The van der Waals surface area contributed by atoms with E-state index in [0.29, 0.717) is 11.5 Å². The topological polar surface area (TPSA) is 55.3 Å². The number of aromatic nitrogens is 2. The molecule has 5 nitrogen and oxygen atoms in total.